The molecule has 2 bridgehead atoms. The Morgan fingerprint density at radius 2 is 1.94 bits per heavy atom. The van der Waals surface area contributed by atoms with E-state index in [1.54, 1.807) is 4.90 Å². The normalized spacial score (nSPS) is 24.0. The summed E-state index contributed by atoms with van der Waals surface area (Å²) in [6, 6.07) is 2.83. The second kappa shape index (κ2) is 7.16. The van der Waals surface area contributed by atoms with Crippen molar-refractivity contribution < 1.29 is 28.2 Å². The van der Waals surface area contributed by atoms with Crippen LogP contribution in [0.4, 0.5) is 8.78 Å². The Morgan fingerprint density at radius 3 is 2.68 bits per heavy atom. The maximum atomic E-state index is 13.3. The molecular weight excluding hydrogens is 412 g/mol. The summed E-state index contributed by atoms with van der Waals surface area (Å²) in [7, 11) is 0. The molecule has 1 saturated carbocycles. The SMILES string of the molecule is O=C(NCc1cc(F)cc(F)c1)c1cn2c(c(O)c1=O)C(=O)N1[C@@H]3CC[C@@H](C3)O[C@H]1C2. The Labute approximate surface area is 175 Å². The molecule has 0 spiro atoms. The van der Waals surface area contributed by atoms with Gasteiger partial charge in [0.2, 0.25) is 5.43 Å². The fraction of sp³-hybridized carbons (Fsp3) is 0.381. The van der Waals surface area contributed by atoms with Gasteiger partial charge in [0.25, 0.3) is 11.8 Å². The van der Waals surface area contributed by atoms with Crippen LogP contribution in [0.2, 0.25) is 0 Å². The van der Waals surface area contributed by atoms with Gasteiger partial charge in [-0.1, -0.05) is 0 Å². The van der Waals surface area contributed by atoms with Crippen LogP contribution >= 0.6 is 0 Å². The van der Waals surface area contributed by atoms with Gasteiger partial charge in [0.05, 0.1) is 12.6 Å². The van der Waals surface area contributed by atoms with E-state index in [1.165, 1.54) is 10.8 Å². The number of fused-ring (bicyclic) bond motifs is 5. The third-order valence-corrected chi connectivity index (χ3v) is 6.08. The van der Waals surface area contributed by atoms with E-state index in [2.05, 4.69) is 5.32 Å². The third kappa shape index (κ3) is 3.27. The molecule has 3 atom stereocenters. The molecule has 10 heteroatoms. The van der Waals surface area contributed by atoms with Crippen LogP contribution < -0.4 is 10.7 Å². The van der Waals surface area contributed by atoms with Crippen molar-refractivity contribution in [1.82, 2.24) is 14.8 Å². The molecule has 3 aliphatic rings. The Balaban J connectivity index is 1.43. The van der Waals surface area contributed by atoms with Crippen LogP contribution in [-0.2, 0) is 17.8 Å². The summed E-state index contributed by atoms with van der Waals surface area (Å²) >= 11 is 0. The van der Waals surface area contributed by atoms with Crippen molar-refractivity contribution in [3.8, 4) is 5.75 Å². The van der Waals surface area contributed by atoms with Crippen molar-refractivity contribution in [2.75, 3.05) is 0 Å². The van der Waals surface area contributed by atoms with Gasteiger partial charge in [-0.3, -0.25) is 14.4 Å². The molecular formula is C21H19F2N3O5. The second-order valence-corrected chi connectivity index (χ2v) is 8.07. The maximum Gasteiger partial charge on any atom is 0.276 e. The van der Waals surface area contributed by atoms with Crippen LogP contribution in [0, 0.1) is 11.6 Å². The number of halogens is 2. The van der Waals surface area contributed by atoms with Crippen LogP contribution in [0.25, 0.3) is 0 Å². The average molecular weight is 431 g/mol. The number of carbonyl (C=O) groups is 2. The largest absolute Gasteiger partial charge is 0.503 e. The van der Waals surface area contributed by atoms with Crippen molar-refractivity contribution in [1.29, 1.82) is 0 Å². The zero-order valence-corrected chi connectivity index (χ0v) is 16.3. The zero-order valence-electron chi connectivity index (χ0n) is 16.3. The first-order valence-electron chi connectivity index (χ1n) is 9.99. The molecule has 1 aliphatic carbocycles. The first-order valence-corrected chi connectivity index (χ1v) is 9.99. The topological polar surface area (TPSA) is 101 Å². The fourth-order valence-electron chi connectivity index (χ4n) is 4.71. The zero-order chi connectivity index (χ0) is 21.9. The molecule has 1 saturated heterocycles. The van der Waals surface area contributed by atoms with Crippen molar-refractivity contribution in [3.05, 3.63) is 63.1 Å². The van der Waals surface area contributed by atoms with E-state index in [9.17, 15) is 28.3 Å². The average Bonchev–Trinajstić information content (AvgIpc) is 3.08. The van der Waals surface area contributed by atoms with Gasteiger partial charge in [0.15, 0.2) is 17.7 Å². The molecule has 2 N–H and O–H groups in total. The number of hydrogen-bond acceptors (Lipinski definition) is 5. The van der Waals surface area contributed by atoms with Gasteiger partial charge in [-0.25, -0.2) is 8.78 Å². The molecule has 0 unspecified atom stereocenters. The molecule has 162 valence electrons. The maximum absolute atomic E-state index is 13.3. The molecule has 5 rings (SSSR count). The van der Waals surface area contributed by atoms with Gasteiger partial charge in [0, 0.05) is 24.8 Å². The van der Waals surface area contributed by atoms with Crippen molar-refractivity contribution >= 4 is 11.8 Å². The highest BCUT2D eigenvalue weighted by atomic mass is 19.1. The third-order valence-electron chi connectivity index (χ3n) is 6.08. The number of nitrogens with one attached hydrogen (secondary N) is 1. The van der Waals surface area contributed by atoms with Gasteiger partial charge in [-0.05, 0) is 37.0 Å². The van der Waals surface area contributed by atoms with Gasteiger partial charge in [-0.2, -0.15) is 0 Å². The Morgan fingerprint density at radius 1 is 1.19 bits per heavy atom. The molecule has 1 aromatic heterocycles. The number of benzene rings is 1. The number of rotatable bonds is 3. The van der Waals surface area contributed by atoms with Gasteiger partial charge < -0.3 is 24.6 Å². The predicted octanol–water partition coefficient (Wildman–Crippen LogP) is 1.50. The Hall–Kier alpha value is -3.27. The molecule has 2 amide bonds. The molecule has 3 heterocycles. The van der Waals surface area contributed by atoms with Crippen molar-refractivity contribution in [3.63, 3.8) is 0 Å². The highest BCUT2D eigenvalue weighted by Crippen LogP contribution is 2.38. The van der Waals surface area contributed by atoms with E-state index >= 15 is 0 Å². The fourth-order valence-corrected chi connectivity index (χ4v) is 4.71. The Bertz CT molecular complexity index is 1140. The summed E-state index contributed by atoms with van der Waals surface area (Å²) in [5, 5.41) is 12.9. The van der Waals surface area contributed by atoms with E-state index in [4.69, 9.17) is 4.74 Å². The molecule has 8 nitrogen and oxygen atoms in total. The number of amides is 2. The molecule has 2 fully saturated rings. The molecule has 2 aliphatic heterocycles. The monoisotopic (exact) mass is 431 g/mol. The highest BCUT2D eigenvalue weighted by molar-refractivity contribution is 5.99. The van der Waals surface area contributed by atoms with Crippen LogP contribution in [0.5, 0.6) is 5.75 Å². The van der Waals surface area contributed by atoms with E-state index in [1.807, 2.05) is 0 Å². The number of carbonyl (C=O) groups excluding carboxylic acids is 2. The number of pyridine rings is 1. The number of hydrogen-bond donors (Lipinski definition) is 2. The van der Waals surface area contributed by atoms with Crippen LogP contribution in [0.3, 0.4) is 0 Å². The number of ether oxygens (including phenoxy) is 1. The molecule has 31 heavy (non-hydrogen) atoms. The minimum atomic E-state index is -0.983. The molecule has 2 aromatic rings. The molecule has 0 radical (unpaired) electrons. The van der Waals surface area contributed by atoms with Crippen molar-refractivity contribution in [2.45, 2.75) is 50.7 Å². The van der Waals surface area contributed by atoms with Crippen LogP contribution in [0.1, 0.15) is 45.7 Å². The number of aromatic nitrogens is 1. The second-order valence-electron chi connectivity index (χ2n) is 8.07. The first kappa shape index (κ1) is 19.7. The lowest BCUT2D eigenvalue weighted by Gasteiger charge is -2.44. The summed E-state index contributed by atoms with van der Waals surface area (Å²) < 4.78 is 34.0. The van der Waals surface area contributed by atoms with E-state index in [0.29, 0.717) is 6.07 Å². The summed E-state index contributed by atoms with van der Waals surface area (Å²) in [4.78, 5) is 39.8. The highest BCUT2D eigenvalue weighted by Gasteiger charge is 2.47. The quantitative estimate of drug-likeness (QED) is 0.767. The number of aromatic hydroxyl groups is 1. The molecule has 1 aromatic carbocycles. The smallest absolute Gasteiger partial charge is 0.276 e. The van der Waals surface area contributed by atoms with E-state index in [-0.39, 0.29) is 42.1 Å². The minimum absolute atomic E-state index is 0.00846. The summed E-state index contributed by atoms with van der Waals surface area (Å²) in [6.45, 7) is -0.0471. The minimum Gasteiger partial charge on any atom is -0.503 e. The predicted molar refractivity (Wildman–Crippen MR) is 102 cm³/mol. The summed E-state index contributed by atoms with van der Waals surface area (Å²) in [6.07, 6.45) is 3.14. The lowest BCUT2D eigenvalue weighted by Crippen LogP contribution is -2.57. The van der Waals surface area contributed by atoms with E-state index < -0.39 is 40.9 Å². The van der Waals surface area contributed by atoms with E-state index in [0.717, 1.165) is 31.4 Å². The first-order chi connectivity index (χ1) is 14.8. The van der Waals surface area contributed by atoms with Crippen molar-refractivity contribution in [2.24, 2.45) is 0 Å². The van der Waals surface area contributed by atoms with Crippen LogP contribution in [-0.4, -0.2) is 44.8 Å². The standard InChI is InChI=1S/C21H19F2N3O5/c22-11-3-10(4-12(23)5-11)7-24-20(29)15-8-25-9-16-26(13-1-2-14(6-13)31-16)21(30)17(25)19(28)18(15)27/h3-5,8,13-14,16,28H,1-2,6-7,9H2,(H,24,29)/t13-,14+,16+/m1/s1. The van der Waals surface area contributed by atoms with Crippen LogP contribution in [0.15, 0.2) is 29.2 Å². The lowest BCUT2D eigenvalue weighted by atomic mass is 10.1. The summed E-state index contributed by atoms with van der Waals surface area (Å²) in [5.41, 5.74) is -1.36. The lowest BCUT2D eigenvalue weighted by molar-refractivity contribution is -0.132. The van der Waals surface area contributed by atoms with Gasteiger partial charge >= 0.3 is 0 Å². The summed E-state index contributed by atoms with van der Waals surface area (Å²) in [5.74, 6) is -3.72. The number of nitrogens with zero attached hydrogens (tertiary/aromatic N) is 2. The Kier molecular flexibility index (Phi) is 4.54. The van der Waals surface area contributed by atoms with Gasteiger partial charge in [-0.15, -0.1) is 0 Å². The van der Waals surface area contributed by atoms with Gasteiger partial charge in [0.1, 0.15) is 17.2 Å².